The number of hydrogen-bond donors (Lipinski definition) is 0. The van der Waals surface area contributed by atoms with Gasteiger partial charge in [0, 0.05) is 16.5 Å². The summed E-state index contributed by atoms with van der Waals surface area (Å²) in [7, 11) is 0. The van der Waals surface area contributed by atoms with E-state index in [2.05, 4.69) is 51.1 Å². The zero-order valence-corrected chi connectivity index (χ0v) is 13.1. The summed E-state index contributed by atoms with van der Waals surface area (Å²) in [6.07, 6.45) is 0.889. The second kappa shape index (κ2) is 5.02. The van der Waals surface area contributed by atoms with Crippen LogP contribution in [0.25, 0.3) is 15.5 Å². The summed E-state index contributed by atoms with van der Waals surface area (Å²) in [6.45, 7) is 4.34. The first-order chi connectivity index (χ1) is 9.15. The van der Waals surface area contributed by atoms with E-state index < -0.39 is 0 Å². The molecule has 0 amide bonds. The summed E-state index contributed by atoms with van der Waals surface area (Å²) in [6, 6.07) is 8.08. The maximum Gasteiger partial charge on any atom is 0.234 e. The van der Waals surface area contributed by atoms with Gasteiger partial charge in [-0.2, -0.15) is 9.61 Å². The molecule has 3 aromatic rings. The lowest BCUT2D eigenvalue weighted by Gasteiger charge is -2.00. The second-order valence-corrected chi connectivity index (χ2v) is 6.61. The number of halogens is 1. The van der Waals surface area contributed by atoms with Crippen LogP contribution >= 0.6 is 27.3 Å². The topological polar surface area (TPSA) is 43.1 Å². The van der Waals surface area contributed by atoms with E-state index in [4.69, 9.17) is 0 Å². The van der Waals surface area contributed by atoms with E-state index in [0.29, 0.717) is 5.92 Å². The largest absolute Gasteiger partial charge is 0.234 e. The Morgan fingerprint density at radius 1 is 1.26 bits per heavy atom. The minimum atomic E-state index is 0.543. The molecule has 0 unspecified atom stereocenters. The molecule has 4 nitrogen and oxygen atoms in total. The SMILES string of the molecule is CC(C)Cc1nnc2sc(-c3ccccc3Br)nn12. The molecule has 2 aromatic heterocycles. The fraction of sp³-hybridized carbons (Fsp3) is 0.308. The van der Waals surface area contributed by atoms with Gasteiger partial charge in [-0.05, 0) is 12.0 Å². The molecule has 0 N–H and O–H groups in total. The van der Waals surface area contributed by atoms with Crippen molar-refractivity contribution in [2.75, 3.05) is 0 Å². The number of hydrogen-bond acceptors (Lipinski definition) is 4. The summed E-state index contributed by atoms with van der Waals surface area (Å²) < 4.78 is 2.91. The maximum absolute atomic E-state index is 4.64. The molecule has 98 valence electrons. The standard InChI is InChI=1S/C13H13BrN4S/c1-8(2)7-11-15-16-13-18(11)17-12(19-13)9-5-3-4-6-10(9)14/h3-6,8H,7H2,1-2H3. The van der Waals surface area contributed by atoms with Crippen LogP contribution in [0.3, 0.4) is 0 Å². The predicted molar refractivity (Wildman–Crippen MR) is 80.3 cm³/mol. The third-order valence-corrected chi connectivity index (χ3v) is 4.37. The normalized spacial score (nSPS) is 11.6. The van der Waals surface area contributed by atoms with Gasteiger partial charge in [-0.15, -0.1) is 10.2 Å². The van der Waals surface area contributed by atoms with Crippen LogP contribution in [-0.2, 0) is 6.42 Å². The van der Waals surface area contributed by atoms with E-state index in [-0.39, 0.29) is 0 Å². The molecular weight excluding hydrogens is 324 g/mol. The smallest absolute Gasteiger partial charge is 0.187 e. The van der Waals surface area contributed by atoms with Gasteiger partial charge in [0.25, 0.3) is 0 Å². The van der Waals surface area contributed by atoms with E-state index in [1.54, 1.807) is 11.3 Å². The molecule has 3 rings (SSSR count). The summed E-state index contributed by atoms with van der Waals surface area (Å²) in [4.78, 5) is 0.849. The van der Waals surface area contributed by atoms with Crippen LogP contribution in [0, 0.1) is 5.92 Å². The highest BCUT2D eigenvalue weighted by molar-refractivity contribution is 9.10. The van der Waals surface area contributed by atoms with E-state index in [1.807, 2.05) is 22.7 Å². The Kier molecular flexibility index (Phi) is 3.36. The zero-order valence-electron chi connectivity index (χ0n) is 10.7. The Bertz CT molecular complexity index is 716. The van der Waals surface area contributed by atoms with E-state index >= 15 is 0 Å². The van der Waals surface area contributed by atoms with Gasteiger partial charge in [0.2, 0.25) is 4.96 Å². The van der Waals surface area contributed by atoms with Gasteiger partial charge in [-0.1, -0.05) is 59.3 Å². The molecule has 2 heterocycles. The number of aromatic nitrogens is 4. The lowest BCUT2D eigenvalue weighted by molar-refractivity contribution is 0.607. The van der Waals surface area contributed by atoms with Crippen LogP contribution < -0.4 is 0 Å². The Labute approximate surface area is 123 Å². The molecule has 0 aliphatic heterocycles. The molecule has 0 saturated heterocycles. The highest BCUT2D eigenvalue weighted by Gasteiger charge is 2.14. The first-order valence-electron chi connectivity index (χ1n) is 6.11. The van der Waals surface area contributed by atoms with Gasteiger partial charge >= 0.3 is 0 Å². The Hall–Kier alpha value is -1.27. The highest BCUT2D eigenvalue weighted by Crippen LogP contribution is 2.31. The maximum atomic E-state index is 4.64. The summed E-state index contributed by atoms with van der Waals surface area (Å²) in [5.74, 6) is 1.47. The molecule has 1 aromatic carbocycles. The number of rotatable bonds is 3. The lowest BCUT2D eigenvalue weighted by atomic mass is 10.1. The first kappa shape index (κ1) is 12.7. The van der Waals surface area contributed by atoms with Gasteiger partial charge in [-0.25, -0.2) is 0 Å². The summed E-state index contributed by atoms with van der Waals surface area (Å²) >= 11 is 5.12. The molecule has 0 bridgehead atoms. The Balaban J connectivity index is 2.07. The number of fused-ring (bicyclic) bond motifs is 1. The van der Waals surface area contributed by atoms with Gasteiger partial charge < -0.3 is 0 Å². The van der Waals surface area contributed by atoms with Crippen molar-refractivity contribution in [3.8, 4) is 10.6 Å². The molecule has 0 atom stereocenters. The van der Waals surface area contributed by atoms with E-state index in [1.165, 1.54) is 0 Å². The predicted octanol–water partition coefficient (Wildman–Crippen LogP) is 3.81. The van der Waals surface area contributed by atoms with Crippen molar-refractivity contribution in [3.63, 3.8) is 0 Å². The highest BCUT2D eigenvalue weighted by atomic mass is 79.9. The number of nitrogens with zero attached hydrogens (tertiary/aromatic N) is 4. The van der Waals surface area contributed by atoms with Gasteiger partial charge in [0.1, 0.15) is 5.01 Å². The molecule has 0 aliphatic rings. The van der Waals surface area contributed by atoms with Crippen LogP contribution in [0.4, 0.5) is 0 Å². The van der Waals surface area contributed by atoms with Crippen LogP contribution in [-0.4, -0.2) is 19.8 Å². The fourth-order valence-electron chi connectivity index (χ4n) is 1.89. The van der Waals surface area contributed by atoms with Crippen LogP contribution in [0.5, 0.6) is 0 Å². The monoisotopic (exact) mass is 336 g/mol. The van der Waals surface area contributed by atoms with Gasteiger partial charge in [-0.3, -0.25) is 0 Å². The fourth-order valence-corrected chi connectivity index (χ4v) is 3.39. The second-order valence-electron chi connectivity index (χ2n) is 4.80. The third kappa shape index (κ3) is 2.42. The van der Waals surface area contributed by atoms with Crippen LogP contribution in [0.15, 0.2) is 28.7 Å². The first-order valence-corrected chi connectivity index (χ1v) is 7.72. The lowest BCUT2D eigenvalue weighted by Crippen LogP contribution is -2.01. The summed E-state index contributed by atoms with van der Waals surface area (Å²) in [5, 5.41) is 14.0. The molecule has 0 radical (unpaired) electrons. The van der Waals surface area contributed by atoms with Crippen molar-refractivity contribution in [1.29, 1.82) is 0 Å². The van der Waals surface area contributed by atoms with Crippen molar-refractivity contribution < 1.29 is 0 Å². The van der Waals surface area contributed by atoms with Crippen LogP contribution in [0.1, 0.15) is 19.7 Å². The minimum Gasteiger partial charge on any atom is -0.187 e. The van der Waals surface area contributed by atoms with Crippen molar-refractivity contribution in [1.82, 2.24) is 19.8 Å². The zero-order chi connectivity index (χ0) is 13.4. The number of benzene rings is 1. The van der Waals surface area contributed by atoms with Crippen molar-refractivity contribution in [2.24, 2.45) is 5.92 Å². The van der Waals surface area contributed by atoms with E-state index in [0.717, 1.165) is 32.2 Å². The quantitative estimate of drug-likeness (QED) is 0.730. The average Bonchev–Trinajstić information content (AvgIpc) is 2.91. The van der Waals surface area contributed by atoms with E-state index in [9.17, 15) is 0 Å². The molecular formula is C13H13BrN4S. The molecule has 19 heavy (non-hydrogen) atoms. The Morgan fingerprint density at radius 3 is 2.79 bits per heavy atom. The van der Waals surface area contributed by atoms with Crippen molar-refractivity contribution in [2.45, 2.75) is 20.3 Å². The third-order valence-electron chi connectivity index (χ3n) is 2.75. The average molecular weight is 337 g/mol. The summed E-state index contributed by atoms with van der Waals surface area (Å²) in [5.41, 5.74) is 1.09. The van der Waals surface area contributed by atoms with Crippen LogP contribution in [0.2, 0.25) is 0 Å². The molecule has 0 aliphatic carbocycles. The van der Waals surface area contributed by atoms with Crippen molar-refractivity contribution >= 4 is 32.2 Å². The minimum absolute atomic E-state index is 0.543. The van der Waals surface area contributed by atoms with Crippen molar-refractivity contribution in [3.05, 3.63) is 34.6 Å². The molecule has 0 spiro atoms. The molecule has 6 heteroatoms. The molecule has 0 saturated carbocycles. The van der Waals surface area contributed by atoms with Gasteiger partial charge in [0.05, 0.1) is 0 Å². The Morgan fingerprint density at radius 2 is 2.05 bits per heavy atom. The molecule has 0 fully saturated rings. The van der Waals surface area contributed by atoms with Gasteiger partial charge in [0.15, 0.2) is 5.82 Å².